The van der Waals surface area contributed by atoms with Crippen LogP contribution in [0.15, 0.2) is 48.7 Å². The maximum Gasteiger partial charge on any atom is 0.341 e. The van der Waals surface area contributed by atoms with Crippen LogP contribution in [0.1, 0.15) is 33.2 Å². The topological polar surface area (TPSA) is 77.5 Å². The Kier molecular flexibility index (Phi) is 5.35. The maximum atomic E-state index is 12.5. The smallest absolute Gasteiger partial charge is 0.341 e. The molecule has 0 radical (unpaired) electrons. The quantitative estimate of drug-likeness (QED) is 0.682. The number of hydrogen-bond acceptors (Lipinski definition) is 6. The third-order valence-electron chi connectivity index (χ3n) is 4.20. The van der Waals surface area contributed by atoms with Gasteiger partial charge in [-0.05, 0) is 31.5 Å². The van der Waals surface area contributed by atoms with Gasteiger partial charge in [0.1, 0.15) is 5.56 Å². The summed E-state index contributed by atoms with van der Waals surface area (Å²) < 4.78 is 10.0. The number of rotatable bonds is 5. The van der Waals surface area contributed by atoms with Crippen LogP contribution < -0.4 is 5.32 Å². The van der Waals surface area contributed by atoms with E-state index in [4.69, 9.17) is 9.47 Å². The molecule has 0 aliphatic rings. The van der Waals surface area contributed by atoms with Gasteiger partial charge in [0.15, 0.2) is 0 Å². The number of nitrogens with zero attached hydrogens (tertiary/aromatic N) is 1. The first-order valence-electron chi connectivity index (χ1n) is 8.56. The number of pyridine rings is 1. The molecule has 1 aromatic heterocycles. The molecule has 138 valence electrons. The zero-order valence-electron chi connectivity index (χ0n) is 15.4. The van der Waals surface area contributed by atoms with Crippen molar-refractivity contribution in [2.45, 2.75) is 13.8 Å². The first kappa shape index (κ1) is 18.4. The highest BCUT2D eigenvalue weighted by Crippen LogP contribution is 2.32. The van der Waals surface area contributed by atoms with Crippen LogP contribution in [0.3, 0.4) is 0 Å². The summed E-state index contributed by atoms with van der Waals surface area (Å²) in [5.41, 5.74) is 3.49. The van der Waals surface area contributed by atoms with Crippen LogP contribution >= 0.6 is 0 Å². The molecule has 0 saturated carbocycles. The zero-order chi connectivity index (χ0) is 19.4. The highest BCUT2D eigenvalue weighted by molar-refractivity contribution is 6.11. The highest BCUT2D eigenvalue weighted by atomic mass is 16.5. The number of fused-ring (bicyclic) bond motifs is 1. The lowest BCUT2D eigenvalue weighted by Crippen LogP contribution is -2.11. The van der Waals surface area contributed by atoms with Gasteiger partial charge in [-0.3, -0.25) is 4.98 Å². The number of esters is 2. The molecule has 6 heteroatoms. The van der Waals surface area contributed by atoms with E-state index in [1.165, 1.54) is 13.3 Å². The van der Waals surface area contributed by atoms with Gasteiger partial charge in [-0.25, -0.2) is 9.59 Å². The van der Waals surface area contributed by atoms with E-state index >= 15 is 0 Å². The van der Waals surface area contributed by atoms with Crippen molar-refractivity contribution >= 4 is 34.2 Å². The Morgan fingerprint density at radius 3 is 2.52 bits per heavy atom. The van der Waals surface area contributed by atoms with E-state index in [9.17, 15) is 9.59 Å². The third kappa shape index (κ3) is 3.60. The molecule has 27 heavy (non-hydrogen) atoms. The van der Waals surface area contributed by atoms with E-state index in [1.807, 2.05) is 31.2 Å². The Morgan fingerprint density at radius 1 is 1.04 bits per heavy atom. The lowest BCUT2D eigenvalue weighted by Gasteiger charge is -2.16. The fraction of sp³-hybridized carbons (Fsp3) is 0.190. The highest BCUT2D eigenvalue weighted by Gasteiger charge is 2.20. The molecule has 0 unspecified atom stereocenters. The number of carbonyl (C=O) groups excluding carboxylic acids is 2. The minimum absolute atomic E-state index is 0.253. The fourth-order valence-electron chi connectivity index (χ4n) is 2.84. The van der Waals surface area contributed by atoms with Gasteiger partial charge < -0.3 is 14.8 Å². The van der Waals surface area contributed by atoms with Crippen LogP contribution in [0.4, 0.5) is 11.4 Å². The molecule has 3 aromatic rings. The van der Waals surface area contributed by atoms with E-state index in [-0.39, 0.29) is 6.61 Å². The molecule has 1 N–H and O–H groups in total. The molecular formula is C21H20N2O4. The summed E-state index contributed by atoms with van der Waals surface area (Å²) >= 11 is 0. The summed E-state index contributed by atoms with van der Waals surface area (Å²) in [5, 5.41) is 3.95. The predicted octanol–water partition coefficient (Wildman–Crippen LogP) is 4.25. The molecule has 0 atom stereocenters. The normalized spacial score (nSPS) is 10.5. The summed E-state index contributed by atoms with van der Waals surface area (Å²) in [7, 11) is 1.32. The summed E-state index contributed by atoms with van der Waals surface area (Å²) in [6.45, 7) is 3.97. The zero-order valence-corrected chi connectivity index (χ0v) is 15.4. The van der Waals surface area contributed by atoms with Crippen LogP contribution in [0.2, 0.25) is 0 Å². The van der Waals surface area contributed by atoms with E-state index in [2.05, 4.69) is 10.3 Å². The van der Waals surface area contributed by atoms with Crippen molar-refractivity contribution in [3.8, 4) is 0 Å². The monoisotopic (exact) mass is 364 g/mol. The standard InChI is InChI=1S/C21H20N2O4/c1-4-27-21(25)16-12-22-18-14(9-7-10-15(18)20(24)26-3)19(16)23-17-11-6-5-8-13(17)2/h5-12H,4H2,1-3H3,(H,22,23). The number of methoxy groups -OCH3 is 1. The molecule has 6 nitrogen and oxygen atoms in total. The molecule has 0 aliphatic heterocycles. The first-order valence-corrected chi connectivity index (χ1v) is 8.56. The Bertz CT molecular complexity index is 1010. The number of aromatic nitrogens is 1. The van der Waals surface area contributed by atoms with E-state index in [0.29, 0.717) is 27.7 Å². The molecule has 0 amide bonds. The van der Waals surface area contributed by atoms with Crippen molar-refractivity contribution in [3.05, 3.63) is 65.4 Å². The van der Waals surface area contributed by atoms with Crippen molar-refractivity contribution in [1.82, 2.24) is 4.98 Å². The first-order chi connectivity index (χ1) is 13.1. The largest absolute Gasteiger partial charge is 0.465 e. The number of benzene rings is 2. The SMILES string of the molecule is CCOC(=O)c1cnc2c(C(=O)OC)cccc2c1Nc1ccccc1C. The average molecular weight is 364 g/mol. The Hall–Kier alpha value is -3.41. The second-order valence-electron chi connectivity index (χ2n) is 5.90. The van der Waals surface area contributed by atoms with Crippen LogP contribution in [0.5, 0.6) is 0 Å². The van der Waals surface area contributed by atoms with Crippen LogP contribution in [0.25, 0.3) is 10.9 Å². The van der Waals surface area contributed by atoms with E-state index in [1.54, 1.807) is 25.1 Å². The van der Waals surface area contributed by atoms with Crippen molar-refractivity contribution < 1.29 is 19.1 Å². The van der Waals surface area contributed by atoms with Gasteiger partial charge in [0.05, 0.1) is 30.5 Å². The number of hydrogen-bond donors (Lipinski definition) is 1. The number of aryl methyl sites for hydroxylation is 1. The van der Waals surface area contributed by atoms with Crippen molar-refractivity contribution in [2.75, 3.05) is 19.0 Å². The van der Waals surface area contributed by atoms with Gasteiger partial charge in [0.2, 0.25) is 0 Å². The number of anilines is 2. The minimum Gasteiger partial charge on any atom is -0.465 e. The van der Waals surface area contributed by atoms with E-state index < -0.39 is 11.9 Å². The van der Waals surface area contributed by atoms with Gasteiger partial charge in [-0.1, -0.05) is 30.3 Å². The minimum atomic E-state index is -0.487. The maximum absolute atomic E-state index is 12.5. The molecule has 0 fully saturated rings. The molecule has 0 saturated heterocycles. The summed E-state index contributed by atoms with van der Waals surface area (Å²) in [4.78, 5) is 28.9. The molecule has 3 rings (SSSR count). The van der Waals surface area contributed by atoms with Crippen LogP contribution in [-0.4, -0.2) is 30.6 Å². The lowest BCUT2D eigenvalue weighted by molar-refractivity contribution is 0.0526. The van der Waals surface area contributed by atoms with Crippen molar-refractivity contribution in [1.29, 1.82) is 0 Å². The van der Waals surface area contributed by atoms with Gasteiger partial charge in [0.25, 0.3) is 0 Å². The number of para-hydroxylation sites is 2. The van der Waals surface area contributed by atoms with E-state index in [0.717, 1.165) is 11.3 Å². The van der Waals surface area contributed by atoms with Gasteiger partial charge in [-0.15, -0.1) is 0 Å². The lowest BCUT2D eigenvalue weighted by atomic mass is 10.0. The molecule has 0 spiro atoms. The van der Waals surface area contributed by atoms with Gasteiger partial charge in [-0.2, -0.15) is 0 Å². The number of nitrogens with one attached hydrogen (secondary N) is 1. The van der Waals surface area contributed by atoms with Gasteiger partial charge >= 0.3 is 11.9 Å². The summed E-state index contributed by atoms with van der Waals surface area (Å²) in [5.74, 6) is -0.967. The Balaban J connectivity index is 2.25. The van der Waals surface area contributed by atoms with Crippen molar-refractivity contribution in [3.63, 3.8) is 0 Å². The predicted molar refractivity (Wildman–Crippen MR) is 104 cm³/mol. The fourth-order valence-corrected chi connectivity index (χ4v) is 2.84. The summed E-state index contributed by atoms with van der Waals surface area (Å²) in [6, 6.07) is 12.9. The Labute approximate surface area is 157 Å². The second kappa shape index (κ2) is 7.86. The molecule has 2 aromatic carbocycles. The van der Waals surface area contributed by atoms with Crippen LogP contribution in [-0.2, 0) is 9.47 Å². The second-order valence-corrected chi connectivity index (χ2v) is 5.90. The molecule has 0 bridgehead atoms. The number of carbonyl (C=O) groups is 2. The van der Waals surface area contributed by atoms with Crippen LogP contribution in [0, 0.1) is 6.92 Å². The average Bonchev–Trinajstić information content (AvgIpc) is 2.69. The van der Waals surface area contributed by atoms with Gasteiger partial charge in [0, 0.05) is 17.3 Å². The summed E-state index contributed by atoms with van der Waals surface area (Å²) in [6.07, 6.45) is 1.42. The number of ether oxygens (including phenoxy) is 2. The molecular weight excluding hydrogens is 344 g/mol. The third-order valence-corrected chi connectivity index (χ3v) is 4.20. The molecule has 0 aliphatic carbocycles. The van der Waals surface area contributed by atoms with Crippen molar-refractivity contribution in [2.24, 2.45) is 0 Å². The Morgan fingerprint density at radius 2 is 1.81 bits per heavy atom. The molecule has 1 heterocycles.